The number of pyridine rings is 1. The third kappa shape index (κ3) is 5.37. The summed E-state index contributed by atoms with van der Waals surface area (Å²) in [6.07, 6.45) is 4.22. The molecule has 38 heavy (non-hydrogen) atoms. The first-order chi connectivity index (χ1) is 18.2. The second kappa shape index (κ2) is 11.3. The average molecular weight is 519 g/mol. The molecule has 4 rings (SSSR count). The molecule has 0 aliphatic carbocycles. The molecule has 1 aliphatic heterocycles. The summed E-state index contributed by atoms with van der Waals surface area (Å²) in [4.78, 5) is 25.6. The Morgan fingerprint density at radius 3 is 2.53 bits per heavy atom. The van der Waals surface area contributed by atoms with Crippen LogP contribution in [0.4, 0.5) is 4.39 Å². The van der Waals surface area contributed by atoms with Crippen LogP contribution < -0.4 is 25.9 Å². The second-order valence-electron chi connectivity index (χ2n) is 10.4. The molecule has 0 bridgehead atoms. The second-order valence-corrected chi connectivity index (χ2v) is 10.4. The summed E-state index contributed by atoms with van der Waals surface area (Å²) in [5.41, 5.74) is 0.0801. The summed E-state index contributed by atoms with van der Waals surface area (Å²) < 4.78 is 29.0. The molecule has 2 heterocycles. The van der Waals surface area contributed by atoms with E-state index in [0.29, 0.717) is 24.6 Å². The van der Waals surface area contributed by atoms with Gasteiger partial charge in [0, 0.05) is 23.2 Å². The number of hydrogen-bond donors (Lipinski definition) is 1. The van der Waals surface area contributed by atoms with Crippen LogP contribution in [-0.2, 0) is 11.3 Å². The van der Waals surface area contributed by atoms with Crippen LogP contribution in [0.3, 0.4) is 0 Å². The molecular formula is C31H35FN2O4. The summed E-state index contributed by atoms with van der Waals surface area (Å²) in [7, 11) is 0. The van der Waals surface area contributed by atoms with Gasteiger partial charge in [0.15, 0.2) is 5.82 Å². The Morgan fingerprint density at radius 2 is 1.87 bits per heavy atom. The van der Waals surface area contributed by atoms with E-state index in [1.165, 1.54) is 6.20 Å². The molecule has 1 unspecified atom stereocenters. The molecular weight excluding hydrogens is 483 g/mol. The van der Waals surface area contributed by atoms with Gasteiger partial charge in [0.2, 0.25) is 5.43 Å². The third-order valence-corrected chi connectivity index (χ3v) is 6.70. The van der Waals surface area contributed by atoms with Crippen LogP contribution in [0.1, 0.15) is 68.7 Å². The summed E-state index contributed by atoms with van der Waals surface area (Å²) in [6, 6.07) is 15.3. The highest BCUT2D eigenvalue weighted by Crippen LogP contribution is 2.35. The number of carbonyl (C=O) groups excluding carboxylic acids is 1. The summed E-state index contributed by atoms with van der Waals surface area (Å²) in [5, 5.41) is 4.95. The van der Waals surface area contributed by atoms with Crippen molar-refractivity contribution in [1.82, 2.24) is 9.88 Å². The lowest BCUT2D eigenvalue weighted by atomic mass is 9.84. The normalized spacial score (nSPS) is 17.0. The highest BCUT2D eigenvalue weighted by atomic mass is 19.1. The number of esters is 1. The molecule has 1 atom stereocenters. The van der Waals surface area contributed by atoms with Gasteiger partial charge >= 0.3 is 5.97 Å². The fourth-order valence-electron chi connectivity index (χ4n) is 4.81. The minimum absolute atomic E-state index is 0.0925. The average Bonchev–Trinajstić information content (AvgIpc) is 2.89. The Morgan fingerprint density at radius 1 is 1.13 bits per heavy atom. The maximum Gasteiger partial charge on any atom is 0.343 e. The van der Waals surface area contributed by atoms with Crippen molar-refractivity contribution in [2.24, 2.45) is 5.41 Å². The largest absolute Gasteiger partial charge is 0.488 e. The van der Waals surface area contributed by atoms with Crippen LogP contribution in [0.2, 0.25) is 0 Å². The summed E-state index contributed by atoms with van der Waals surface area (Å²) >= 11 is 0. The standard InChI is InChI=1S/C31H35FN2O4/c1-6-12-21-22(15-11-16-24(21)38-19-20-13-9-8-10-14-20)27-28-26(32)29(35)23(30(36)37-7-2)18-34(28)25(17-33-27)31(3,4)5/h8-16,18,25,33H,6-7,17,19H2,1-5H3/b21-12-,27-22-. The van der Waals surface area contributed by atoms with E-state index < -0.39 is 17.2 Å². The number of aromatic nitrogens is 1. The molecule has 0 spiro atoms. The predicted octanol–water partition coefficient (Wildman–Crippen LogP) is 4.28. The molecule has 0 saturated carbocycles. The Kier molecular flexibility index (Phi) is 8.05. The van der Waals surface area contributed by atoms with E-state index in [-0.39, 0.29) is 29.3 Å². The predicted molar refractivity (Wildman–Crippen MR) is 147 cm³/mol. The van der Waals surface area contributed by atoms with Gasteiger partial charge in [0.25, 0.3) is 0 Å². The Bertz CT molecular complexity index is 1500. The topological polar surface area (TPSA) is 69.6 Å². The molecule has 6 nitrogen and oxygen atoms in total. The molecule has 0 amide bonds. The van der Waals surface area contributed by atoms with Gasteiger partial charge < -0.3 is 19.4 Å². The van der Waals surface area contributed by atoms with E-state index in [0.717, 1.165) is 22.4 Å². The number of nitrogens with one attached hydrogen (secondary N) is 1. The van der Waals surface area contributed by atoms with E-state index in [2.05, 4.69) is 5.32 Å². The molecule has 0 fully saturated rings. The quantitative estimate of drug-likeness (QED) is 0.494. The Balaban J connectivity index is 1.98. The van der Waals surface area contributed by atoms with Crippen molar-refractivity contribution in [2.75, 3.05) is 13.2 Å². The van der Waals surface area contributed by atoms with Gasteiger partial charge in [-0.05, 0) is 30.4 Å². The zero-order valence-corrected chi connectivity index (χ0v) is 22.6. The molecule has 1 aliphatic rings. The van der Waals surface area contributed by atoms with Crippen molar-refractivity contribution in [3.8, 4) is 5.75 Å². The number of carbonyl (C=O) groups is 1. The number of nitrogens with zero attached hydrogens (tertiary/aromatic N) is 1. The highest BCUT2D eigenvalue weighted by molar-refractivity contribution is 5.89. The molecule has 7 heteroatoms. The van der Waals surface area contributed by atoms with Crippen molar-refractivity contribution >= 4 is 17.7 Å². The molecule has 3 aromatic rings. The van der Waals surface area contributed by atoms with Crippen molar-refractivity contribution < 1.29 is 18.7 Å². The fourth-order valence-corrected chi connectivity index (χ4v) is 4.81. The number of rotatable bonds is 6. The van der Waals surface area contributed by atoms with Crippen molar-refractivity contribution in [2.45, 2.75) is 53.7 Å². The van der Waals surface area contributed by atoms with Crippen molar-refractivity contribution in [1.29, 1.82) is 0 Å². The molecule has 2 aromatic carbocycles. The van der Waals surface area contributed by atoms with Gasteiger partial charge in [-0.25, -0.2) is 9.18 Å². The zero-order valence-electron chi connectivity index (χ0n) is 22.6. The minimum Gasteiger partial charge on any atom is -0.488 e. The molecule has 1 N–H and O–H groups in total. The van der Waals surface area contributed by atoms with Crippen molar-refractivity contribution in [3.05, 3.63) is 98.0 Å². The maximum atomic E-state index is 16.0. The first kappa shape index (κ1) is 27.2. The molecule has 0 saturated heterocycles. The number of fused-ring (bicyclic) bond motifs is 1. The van der Waals surface area contributed by atoms with E-state index in [4.69, 9.17) is 9.47 Å². The smallest absolute Gasteiger partial charge is 0.343 e. The SMILES string of the molecule is CC/C=c1\c(OCc2ccccc2)ccc\c1=C1\NCC(C(C)(C)C)n2cc(C(=O)OCC)c(=O)c(F)c21. The number of hydrogen-bond acceptors (Lipinski definition) is 5. The van der Waals surface area contributed by atoms with Crippen LogP contribution >= 0.6 is 0 Å². The first-order valence-electron chi connectivity index (χ1n) is 13.0. The lowest BCUT2D eigenvalue weighted by Gasteiger charge is -2.39. The van der Waals surface area contributed by atoms with Crippen molar-refractivity contribution in [3.63, 3.8) is 0 Å². The van der Waals surface area contributed by atoms with E-state index in [1.54, 1.807) is 11.5 Å². The third-order valence-electron chi connectivity index (χ3n) is 6.70. The monoisotopic (exact) mass is 518 g/mol. The van der Waals surface area contributed by atoms with Gasteiger partial charge in [-0.3, -0.25) is 4.79 Å². The van der Waals surface area contributed by atoms with Crippen LogP contribution in [0.25, 0.3) is 11.8 Å². The van der Waals surface area contributed by atoms with E-state index >= 15 is 4.39 Å². The molecule has 1 aromatic heterocycles. The van der Waals surface area contributed by atoms with Gasteiger partial charge in [-0.2, -0.15) is 0 Å². The minimum atomic E-state index is -0.981. The van der Waals surface area contributed by atoms with E-state index in [1.807, 2.05) is 82.3 Å². The highest BCUT2D eigenvalue weighted by Gasteiger charge is 2.35. The number of benzene rings is 2. The van der Waals surface area contributed by atoms with Gasteiger partial charge in [0.05, 0.1) is 18.3 Å². The van der Waals surface area contributed by atoms with Gasteiger partial charge in [-0.1, -0.05) is 76.2 Å². The van der Waals surface area contributed by atoms with Gasteiger partial charge in [0.1, 0.15) is 23.6 Å². The lowest BCUT2D eigenvalue weighted by Crippen LogP contribution is -2.46. The molecule has 200 valence electrons. The first-order valence-corrected chi connectivity index (χ1v) is 13.0. The summed E-state index contributed by atoms with van der Waals surface area (Å²) in [5.74, 6) is -1.14. The molecule has 0 radical (unpaired) electrons. The maximum absolute atomic E-state index is 16.0. The number of halogens is 1. The van der Waals surface area contributed by atoms with Crippen LogP contribution in [0.5, 0.6) is 5.75 Å². The lowest BCUT2D eigenvalue weighted by molar-refractivity contribution is 0.0521. The Hall–Kier alpha value is -3.87. The number of ether oxygens (including phenoxy) is 2. The zero-order chi connectivity index (χ0) is 27.4. The summed E-state index contributed by atoms with van der Waals surface area (Å²) in [6.45, 7) is 10.8. The fraction of sp³-hybridized carbons (Fsp3) is 0.355. The van der Waals surface area contributed by atoms with Crippen LogP contribution in [0.15, 0.2) is 59.5 Å². The van der Waals surface area contributed by atoms with Crippen LogP contribution in [-0.4, -0.2) is 23.7 Å². The van der Waals surface area contributed by atoms with Gasteiger partial charge in [-0.15, -0.1) is 0 Å². The van der Waals surface area contributed by atoms with E-state index in [9.17, 15) is 9.59 Å². The van der Waals surface area contributed by atoms with Crippen LogP contribution in [0, 0.1) is 11.2 Å². The Labute approximate surface area is 222 Å².